The van der Waals surface area contributed by atoms with Gasteiger partial charge in [0.25, 0.3) is 0 Å². The van der Waals surface area contributed by atoms with Crippen LogP contribution in [0.3, 0.4) is 0 Å². The van der Waals surface area contributed by atoms with Crippen LogP contribution in [0.5, 0.6) is 11.5 Å². The van der Waals surface area contributed by atoms with E-state index in [1.165, 1.54) is 0 Å². The topological polar surface area (TPSA) is 40.0 Å². The average Bonchev–Trinajstić information content (AvgIpc) is 3.04. The van der Waals surface area contributed by atoms with Crippen LogP contribution in [0.15, 0.2) is 83.9 Å². The summed E-state index contributed by atoms with van der Waals surface area (Å²) in [5, 5.41) is 4.27. The van der Waals surface area contributed by atoms with E-state index in [4.69, 9.17) is 19.2 Å². The van der Waals surface area contributed by atoms with Crippen molar-refractivity contribution in [3.05, 3.63) is 84.4 Å². The van der Waals surface area contributed by atoms with Gasteiger partial charge in [0, 0.05) is 22.8 Å². The Bertz CT molecular complexity index is 1280. The summed E-state index contributed by atoms with van der Waals surface area (Å²) in [7, 11) is 0. The SMILES string of the molecule is CCC12N=C(c3ccccc3)C(Oc3c(c4ccccc4c4ccccc34)O1)O2. The summed E-state index contributed by atoms with van der Waals surface area (Å²) in [4.78, 5) is 4.86. The minimum absolute atomic E-state index is 0.573. The first-order chi connectivity index (χ1) is 14.3. The van der Waals surface area contributed by atoms with Crippen LogP contribution in [0, 0.1) is 0 Å². The fourth-order valence-corrected chi connectivity index (χ4v) is 4.22. The minimum atomic E-state index is -1.09. The summed E-state index contributed by atoms with van der Waals surface area (Å²) in [6.45, 7) is 2.02. The molecule has 2 atom stereocenters. The highest BCUT2D eigenvalue weighted by atomic mass is 16.8. The largest absolute Gasteiger partial charge is 0.454 e. The third-order valence-corrected chi connectivity index (χ3v) is 5.65. The molecule has 2 bridgehead atoms. The second-order valence-electron chi connectivity index (χ2n) is 7.35. The van der Waals surface area contributed by atoms with Crippen molar-refractivity contribution in [3.63, 3.8) is 0 Å². The monoisotopic (exact) mass is 381 g/mol. The molecule has 2 heterocycles. The van der Waals surface area contributed by atoms with E-state index in [-0.39, 0.29) is 0 Å². The molecule has 4 aromatic rings. The molecule has 0 spiro atoms. The molecule has 2 aliphatic rings. The fraction of sp³-hybridized carbons (Fsp3) is 0.160. The molecular formula is C25H19NO3. The number of aliphatic imine (C=N–C) groups is 1. The highest BCUT2D eigenvalue weighted by Crippen LogP contribution is 2.49. The number of ether oxygens (including phenoxy) is 3. The van der Waals surface area contributed by atoms with Gasteiger partial charge in [0.1, 0.15) is 5.71 Å². The van der Waals surface area contributed by atoms with Gasteiger partial charge in [-0.3, -0.25) is 4.74 Å². The number of fused-ring (bicyclic) bond motifs is 8. The van der Waals surface area contributed by atoms with Crippen LogP contribution in [0.4, 0.5) is 0 Å². The Kier molecular flexibility index (Phi) is 3.46. The average molecular weight is 381 g/mol. The normalized spacial score (nSPS) is 22.5. The molecule has 4 heteroatoms. The molecule has 0 aromatic heterocycles. The lowest BCUT2D eigenvalue weighted by Gasteiger charge is -2.24. The quantitative estimate of drug-likeness (QED) is 0.420. The maximum atomic E-state index is 6.52. The molecule has 4 nitrogen and oxygen atoms in total. The van der Waals surface area contributed by atoms with Crippen LogP contribution in [-0.2, 0) is 4.74 Å². The Morgan fingerprint density at radius 2 is 1.34 bits per heavy atom. The van der Waals surface area contributed by atoms with Crippen LogP contribution in [0.1, 0.15) is 18.9 Å². The van der Waals surface area contributed by atoms with E-state index in [2.05, 4.69) is 24.3 Å². The molecule has 0 amide bonds. The summed E-state index contributed by atoms with van der Waals surface area (Å²) in [6.07, 6.45) is -0.0489. The molecule has 2 unspecified atom stereocenters. The predicted molar refractivity (Wildman–Crippen MR) is 114 cm³/mol. The second kappa shape index (κ2) is 6.06. The van der Waals surface area contributed by atoms with Gasteiger partial charge in [-0.25, -0.2) is 4.99 Å². The number of hydrogen-bond donors (Lipinski definition) is 0. The Morgan fingerprint density at radius 1 is 0.759 bits per heavy atom. The summed E-state index contributed by atoms with van der Waals surface area (Å²) >= 11 is 0. The summed E-state index contributed by atoms with van der Waals surface area (Å²) in [5.74, 6) is 0.314. The molecule has 0 aliphatic carbocycles. The van der Waals surface area contributed by atoms with Crippen molar-refractivity contribution in [2.24, 2.45) is 4.99 Å². The minimum Gasteiger partial charge on any atom is -0.454 e. The van der Waals surface area contributed by atoms with E-state index >= 15 is 0 Å². The Morgan fingerprint density at radius 3 is 2.00 bits per heavy atom. The summed E-state index contributed by atoms with van der Waals surface area (Å²) < 4.78 is 19.3. The first-order valence-electron chi connectivity index (χ1n) is 9.90. The van der Waals surface area contributed by atoms with Crippen molar-refractivity contribution in [3.8, 4) is 11.5 Å². The summed E-state index contributed by atoms with van der Waals surface area (Å²) in [5.41, 5.74) is 1.74. The lowest BCUT2D eigenvalue weighted by Crippen LogP contribution is -2.35. The summed E-state index contributed by atoms with van der Waals surface area (Å²) in [6, 6.07) is 26.5. The van der Waals surface area contributed by atoms with Crippen molar-refractivity contribution < 1.29 is 14.2 Å². The van der Waals surface area contributed by atoms with Crippen LogP contribution in [0.2, 0.25) is 0 Å². The first kappa shape index (κ1) is 16.6. The molecule has 0 saturated carbocycles. The molecule has 4 aromatic carbocycles. The highest BCUT2D eigenvalue weighted by Gasteiger charge is 2.48. The van der Waals surface area contributed by atoms with Gasteiger partial charge >= 0.3 is 5.91 Å². The number of rotatable bonds is 2. The fourth-order valence-electron chi connectivity index (χ4n) is 4.22. The Hall–Kier alpha value is -3.37. The van der Waals surface area contributed by atoms with Crippen LogP contribution >= 0.6 is 0 Å². The highest BCUT2D eigenvalue weighted by molar-refractivity contribution is 6.14. The van der Waals surface area contributed by atoms with Gasteiger partial charge in [0.05, 0.1) is 0 Å². The molecule has 0 radical (unpaired) electrons. The van der Waals surface area contributed by atoms with Gasteiger partial charge in [-0.2, -0.15) is 0 Å². The van der Waals surface area contributed by atoms with Crippen LogP contribution < -0.4 is 9.47 Å². The molecule has 0 fully saturated rings. The van der Waals surface area contributed by atoms with Gasteiger partial charge in [-0.1, -0.05) is 85.8 Å². The van der Waals surface area contributed by atoms with Crippen molar-refractivity contribution >= 4 is 27.3 Å². The molecule has 6 rings (SSSR count). The third kappa shape index (κ3) is 2.39. The van der Waals surface area contributed by atoms with Crippen LogP contribution in [0.25, 0.3) is 21.5 Å². The van der Waals surface area contributed by atoms with Crippen molar-refractivity contribution in [1.82, 2.24) is 0 Å². The second-order valence-corrected chi connectivity index (χ2v) is 7.35. The molecule has 0 N–H and O–H groups in total. The van der Waals surface area contributed by atoms with E-state index in [1.54, 1.807) is 0 Å². The van der Waals surface area contributed by atoms with Crippen molar-refractivity contribution in [2.45, 2.75) is 25.5 Å². The van der Waals surface area contributed by atoms with Crippen molar-refractivity contribution in [2.75, 3.05) is 0 Å². The standard InChI is InChI=1S/C25H19NO3/c1-2-25-26-21(16-10-4-3-5-11-16)24(29-25)27-22-19-14-8-6-12-17(19)18-13-7-9-15-20(18)23(22)28-25/h3-15,24H,2H2,1H3. The smallest absolute Gasteiger partial charge is 0.315 e. The van der Waals surface area contributed by atoms with E-state index < -0.39 is 12.2 Å². The zero-order valence-corrected chi connectivity index (χ0v) is 16.0. The first-order valence-corrected chi connectivity index (χ1v) is 9.90. The third-order valence-electron chi connectivity index (χ3n) is 5.65. The predicted octanol–water partition coefficient (Wildman–Crippen LogP) is 5.67. The maximum absolute atomic E-state index is 6.52. The van der Waals surface area contributed by atoms with Gasteiger partial charge in [0.15, 0.2) is 11.5 Å². The van der Waals surface area contributed by atoms with E-state index in [1.807, 2.05) is 61.5 Å². The lowest BCUT2D eigenvalue weighted by molar-refractivity contribution is -0.201. The van der Waals surface area contributed by atoms with E-state index in [9.17, 15) is 0 Å². The maximum Gasteiger partial charge on any atom is 0.315 e. The van der Waals surface area contributed by atoms with Crippen molar-refractivity contribution in [1.29, 1.82) is 0 Å². The van der Waals surface area contributed by atoms with Gasteiger partial charge in [0.2, 0.25) is 6.29 Å². The zero-order valence-electron chi connectivity index (χ0n) is 16.0. The van der Waals surface area contributed by atoms with Gasteiger partial charge in [-0.15, -0.1) is 0 Å². The number of hydrogen-bond acceptors (Lipinski definition) is 4. The van der Waals surface area contributed by atoms with E-state index in [0.717, 1.165) is 32.8 Å². The zero-order chi connectivity index (χ0) is 19.4. The molecule has 142 valence electrons. The Balaban J connectivity index is 1.63. The lowest BCUT2D eigenvalue weighted by atomic mass is 9.99. The van der Waals surface area contributed by atoms with Gasteiger partial charge < -0.3 is 9.47 Å². The van der Waals surface area contributed by atoms with Crippen LogP contribution in [-0.4, -0.2) is 17.9 Å². The molecule has 29 heavy (non-hydrogen) atoms. The number of benzene rings is 4. The molecule has 2 aliphatic heterocycles. The van der Waals surface area contributed by atoms with Gasteiger partial charge in [-0.05, 0) is 10.8 Å². The van der Waals surface area contributed by atoms with E-state index in [0.29, 0.717) is 17.9 Å². The Labute approximate surface area is 168 Å². The molecular weight excluding hydrogens is 362 g/mol. The number of nitrogens with zero attached hydrogens (tertiary/aromatic N) is 1. The molecule has 0 saturated heterocycles.